The average Bonchev–Trinajstić information content (AvgIpc) is 2.39. The summed E-state index contributed by atoms with van der Waals surface area (Å²) in [6, 6.07) is 5.09. The number of nitrogens with two attached hydrogens (primary N) is 1. The van der Waals surface area contributed by atoms with Crippen LogP contribution in [0.2, 0.25) is 0 Å². The van der Waals surface area contributed by atoms with Gasteiger partial charge in [0.25, 0.3) is 10.0 Å². The van der Waals surface area contributed by atoms with Crippen molar-refractivity contribution in [2.24, 2.45) is 0 Å². The fraction of sp³-hybridized carbons (Fsp3) is 0.214. The van der Waals surface area contributed by atoms with Crippen molar-refractivity contribution in [3.05, 3.63) is 45.6 Å². The molecule has 0 spiro atoms. The molecular weight excluding hydrogens is 354 g/mol. The largest absolute Gasteiger partial charge is 0.398 e. The Hall–Kier alpha value is -1.60. The molecule has 5 nitrogen and oxygen atoms in total. The Morgan fingerprint density at radius 3 is 2.43 bits per heavy atom. The summed E-state index contributed by atoms with van der Waals surface area (Å²) in [6.07, 6.45) is 1.53. The van der Waals surface area contributed by atoms with Crippen molar-refractivity contribution in [2.45, 2.75) is 25.7 Å². The van der Waals surface area contributed by atoms with Gasteiger partial charge in [0.05, 0.1) is 4.90 Å². The van der Waals surface area contributed by atoms with Crippen molar-refractivity contribution in [1.82, 2.24) is 4.98 Å². The maximum Gasteiger partial charge on any atom is 0.263 e. The molecule has 0 aliphatic heterocycles. The van der Waals surface area contributed by atoms with Crippen LogP contribution < -0.4 is 10.5 Å². The number of nitrogen functional groups attached to an aromatic ring is 1. The van der Waals surface area contributed by atoms with Crippen LogP contribution in [0.25, 0.3) is 0 Å². The lowest BCUT2D eigenvalue weighted by molar-refractivity contribution is 0.599. The molecule has 0 aliphatic rings. The Labute approximate surface area is 132 Å². The molecule has 21 heavy (non-hydrogen) atoms. The van der Waals surface area contributed by atoms with Gasteiger partial charge in [-0.25, -0.2) is 13.4 Å². The van der Waals surface area contributed by atoms with Gasteiger partial charge in [0.2, 0.25) is 0 Å². The van der Waals surface area contributed by atoms with E-state index in [1.807, 2.05) is 6.92 Å². The first-order valence-electron chi connectivity index (χ1n) is 6.23. The molecule has 2 rings (SSSR count). The monoisotopic (exact) mass is 369 g/mol. The van der Waals surface area contributed by atoms with Crippen molar-refractivity contribution in [3.63, 3.8) is 0 Å². The fourth-order valence-corrected chi connectivity index (χ4v) is 3.89. The number of hydrogen-bond acceptors (Lipinski definition) is 4. The van der Waals surface area contributed by atoms with Crippen LogP contribution in [0.3, 0.4) is 0 Å². The van der Waals surface area contributed by atoms with Gasteiger partial charge >= 0.3 is 0 Å². The van der Waals surface area contributed by atoms with Crippen LogP contribution in [0.5, 0.6) is 0 Å². The van der Waals surface area contributed by atoms with Crippen molar-refractivity contribution in [3.8, 4) is 0 Å². The van der Waals surface area contributed by atoms with Crippen molar-refractivity contribution in [2.75, 3.05) is 10.5 Å². The highest BCUT2D eigenvalue weighted by atomic mass is 79.9. The SMILES string of the molecule is Cc1cc(N)c(C)c(S(=O)(=O)Nc2ccc(Br)cn2)c1C. The van der Waals surface area contributed by atoms with Crippen LogP contribution >= 0.6 is 15.9 Å². The van der Waals surface area contributed by atoms with E-state index >= 15 is 0 Å². The first-order chi connectivity index (χ1) is 9.72. The van der Waals surface area contributed by atoms with Crippen molar-refractivity contribution < 1.29 is 8.42 Å². The molecule has 112 valence electrons. The molecular formula is C14H16BrN3O2S. The number of aromatic nitrogens is 1. The van der Waals surface area contributed by atoms with Crippen LogP contribution in [-0.4, -0.2) is 13.4 Å². The second kappa shape index (κ2) is 5.65. The van der Waals surface area contributed by atoms with E-state index in [9.17, 15) is 8.42 Å². The third-order valence-corrected chi connectivity index (χ3v) is 5.41. The van der Waals surface area contributed by atoms with Gasteiger partial charge in [-0.05, 0) is 71.6 Å². The maximum atomic E-state index is 12.6. The lowest BCUT2D eigenvalue weighted by atomic mass is 10.1. The molecule has 0 unspecified atom stereocenters. The Bertz CT molecular complexity index is 761. The van der Waals surface area contributed by atoms with E-state index in [4.69, 9.17) is 5.73 Å². The summed E-state index contributed by atoms with van der Waals surface area (Å²) in [4.78, 5) is 4.24. The first kappa shape index (κ1) is 15.8. The molecule has 1 aromatic heterocycles. The van der Waals surface area contributed by atoms with Crippen molar-refractivity contribution in [1.29, 1.82) is 0 Å². The zero-order chi connectivity index (χ0) is 15.8. The van der Waals surface area contributed by atoms with E-state index < -0.39 is 10.0 Å². The van der Waals surface area contributed by atoms with Crippen LogP contribution in [-0.2, 0) is 10.0 Å². The molecule has 0 amide bonds. The van der Waals surface area contributed by atoms with E-state index in [2.05, 4.69) is 25.6 Å². The Kier molecular flexibility index (Phi) is 4.25. The number of hydrogen-bond donors (Lipinski definition) is 2. The van der Waals surface area contributed by atoms with E-state index in [0.717, 1.165) is 10.0 Å². The number of pyridine rings is 1. The normalized spacial score (nSPS) is 11.4. The highest BCUT2D eigenvalue weighted by Gasteiger charge is 2.22. The second-order valence-corrected chi connectivity index (χ2v) is 7.36. The second-order valence-electron chi connectivity index (χ2n) is 4.83. The van der Waals surface area contributed by atoms with E-state index in [-0.39, 0.29) is 10.7 Å². The minimum atomic E-state index is -3.74. The zero-order valence-corrected chi connectivity index (χ0v) is 14.3. The number of halogens is 1. The van der Waals surface area contributed by atoms with Gasteiger partial charge in [-0.15, -0.1) is 0 Å². The summed E-state index contributed by atoms with van der Waals surface area (Å²) >= 11 is 3.26. The molecule has 0 radical (unpaired) electrons. The Morgan fingerprint density at radius 2 is 1.86 bits per heavy atom. The van der Waals surface area contributed by atoms with Gasteiger partial charge in [-0.2, -0.15) is 0 Å². The number of nitrogens with one attached hydrogen (secondary N) is 1. The summed E-state index contributed by atoms with van der Waals surface area (Å²) in [5.74, 6) is 0.261. The smallest absolute Gasteiger partial charge is 0.263 e. The van der Waals surface area contributed by atoms with Crippen LogP contribution in [0.1, 0.15) is 16.7 Å². The van der Waals surface area contributed by atoms with E-state index in [0.29, 0.717) is 16.8 Å². The van der Waals surface area contributed by atoms with E-state index in [1.54, 1.807) is 32.0 Å². The number of sulfonamides is 1. The van der Waals surface area contributed by atoms with Gasteiger partial charge in [0.15, 0.2) is 0 Å². The lowest BCUT2D eigenvalue weighted by Gasteiger charge is -2.16. The predicted octanol–water partition coefficient (Wildman–Crippen LogP) is 3.15. The molecule has 0 aliphatic carbocycles. The molecule has 7 heteroatoms. The molecule has 2 aromatic rings. The summed E-state index contributed by atoms with van der Waals surface area (Å²) in [7, 11) is -3.74. The minimum absolute atomic E-state index is 0.213. The quantitative estimate of drug-likeness (QED) is 0.813. The molecule has 3 N–H and O–H groups in total. The van der Waals surface area contributed by atoms with Gasteiger partial charge in [-0.1, -0.05) is 0 Å². The van der Waals surface area contributed by atoms with Gasteiger partial charge in [-0.3, -0.25) is 4.72 Å². The molecule has 0 atom stereocenters. The number of benzene rings is 1. The molecule has 0 fully saturated rings. The molecule has 1 aromatic carbocycles. The predicted molar refractivity (Wildman–Crippen MR) is 87.8 cm³/mol. The van der Waals surface area contributed by atoms with Gasteiger partial charge in [0.1, 0.15) is 5.82 Å². The topological polar surface area (TPSA) is 85.1 Å². The number of aryl methyl sites for hydroxylation is 1. The summed E-state index contributed by atoms with van der Waals surface area (Å²) in [5.41, 5.74) is 8.41. The van der Waals surface area contributed by atoms with Crippen molar-refractivity contribution >= 4 is 37.5 Å². The number of rotatable bonds is 3. The summed E-state index contributed by atoms with van der Waals surface area (Å²) in [5, 5.41) is 0. The third-order valence-electron chi connectivity index (χ3n) is 3.31. The highest BCUT2D eigenvalue weighted by Crippen LogP contribution is 2.29. The first-order valence-corrected chi connectivity index (χ1v) is 8.50. The summed E-state index contributed by atoms with van der Waals surface area (Å²) in [6.45, 7) is 5.30. The number of anilines is 2. The molecule has 1 heterocycles. The minimum Gasteiger partial charge on any atom is -0.398 e. The maximum absolute atomic E-state index is 12.6. The fourth-order valence-electron chi connectivity index (χ4n) is 2.07. The molecule has 0 saturated carbocycles. The average molecular weight is 370 g/mol. The van der Waals surface area contributed by atoms with Crippen LogP contribution in [0.4, 0.5) is 11.5 Å². The molecule has 0 bridgehead atoms. The third kappa shape index (κ3) is 3.19. The standard InChI is InChI=1S/C14H16BrN3O2S/c1-8-6-12(16)10(3)14(9(8)2)21(19,20)18-13-5-4-11(15)7-17-13/h4-7H,16H2,1-3H3,(H,17,18). The Balaban J connectivity index is 2.52. The van der Waals surface area contributed by atoms with Gasteiger partial charge in [0, 0.05) is 16.4 Å². The number of nitrogens with zero attached hydrogens (tertiary/aromatic N) is 1. The van der Waals surface area contributed by atoms with Crippen LogP contribution in [0.15, 0.2) is 33.8 Å². The Morgan fingerprint density at radius 1 is 1.19 bits per heavy atom. The van der Waals surface area contributed by atoms with Crippen LogP contribution in [0, 0.1) is 20.8 Å². The summed E-state index contributed by atoms with van der Waals surface area (Å²) < 4.78 is 28.5. The van der Waals surface area contributed by atoms with Gasteiger partial charge < -0.3 is 5.73 Å². The highest BCUT2D eigenvalue weighted by molar-refractivity contribution is 9.10. The zero-order valence-electron chi connectivity index (χ0n) is 11.9. The van der Waals surface area contributed by atoms with E-state index in [1.165, 1.54) is 6.20 Å². The lowest BCUT2D eigenvalue weighted by Crippen LogP contribution is -2.17. The molecule has 0 saturated heterocycles.